The maximum atomic E-state index is 13.6. The Kier molecular flexibility index (Phi) is 5.59. The minimum atomic E-state index is -0.458. The zero-order chi connectivity index (χ0) is 23.1. The number of likely N-dealkylation sites (N-methyl/N-ethyl adjacent to an activating group) is 1. The van der Waals surface area contributed by atoms with E-state index in [2.05, 4.69) is 15.1 Å². The number of carbonyl (C=O) groups excluding carboxylic acids is 2. The minimum absolute atomic E-state index is 0.165. The van der Waals surface area contributed by atoms with Crippen molar-refractivity contribution in [3.05, 3.63) is 54.1 Å². The van der Waals surface area contributed by atoms with E-state index in [1.54, 1.807) is 26.2 Å². The standard InChI is InChI=1S/C24H29N5O4/c1-26-21-20(22(30)29(24(26)31)15-16-8-5-4-6-9-16)28-13-7-12-27(23(28)25-21)18-14-17(32-2)10-11-19(18)33-3/h4-6,8-11,14,20-21,23,25H,7,12-13,15H2,1-3H3. The number of ether oxygens (including phenoxy) is 2. The number of imide groups is 1. The summed E-state index contributed by atoms with van der Waals surface area (Å²) in [4.78, 5) is 34.1. The molecule has 0 saturated carbocycles. The van der Waals surface area contributed by atoms with Gasteiger partial charge in [-0.25, -0.2) is 4.79 Å². The van der Waals surface area contributed by atoms with Crippen LogP contribution in [-0.4, -0.2) is 79.5 Å². The number of benzene rings is 2. The van der Waals surface area contributed by atoms with Crippen molar-refractivity contribution in [1.29, 1.82) is 0 Å². The van der Waals surface area contributed by atoms with Crippen molar-refractivity contribution in [3.63, 3.8) is 0 Å². The van der Waals surface area contributed by atoms with E-state index in [9.17, 15) is 9.59 Å². The van der Waals surface area contributed by atoms with E-state index in [0.717, 1.165) is 42.3 Å². The average molecular weight is 452 g/mol. The van der Waals surface area contributed by atoms with Crippen molar-refractivity contribution in [2.45, 2.75) is 31.5 Å². The normalized spacial score (nSPS) is 25.2. The number of methoxy groups -OCH3 is 2. The van der Waals surface area contributed by atoms with Crippen molar-refractivity contribution in [2.75, 3.05) is 39.3 Å². The summed E-state index contributed by atoms with van der Waals surface area (Å²) in [6.07, 6.45) is 0.232. The number of hydrogen-bond donors (Lipinski definition) is 1. The van der Waals surface area contributed by atoms with Gasteiger partial charge in [-0.05, 0) is 24.1 Å². The van der Waals surface area contributed by atoms with Crippen LogP contribution in [0.4, 0.5) is 10.5 Å². The van der Waals surface area contributed by atoms with Crippen LogP contribution in [-0.2, 0) is 11.3 Å². The number of amides is 3. The van der Waals surface area contributed by atoms with Crippen molar-refractivity contribution in [1.82, 2.24) is 20.0 Å². The van der Waals surface area contributed by atoms with Gasteiger partial charge in [0.2, 0.25) is 0 Å². The van der Waals surface area contributed by atoms with Crippen LogP contribution >= 0.6 is 0 Å². The van der Waals surface area contributed by atoms with E-state index >= 15 is 0 Å². The van der Waals surface area contributed by atoms with Crippen LogP contribution in [0.5, 0.6) is 11.5 Å². The molecular formula is C24H29N5O4. The molecule has 3 aliphatic heterocycles. The largest absolute Gasteiger partial charge is 0.497 e. The van der Waals surface area contributed by atoms with Gasteiger partial charge in [0.15, 0.2) is 0 Å². The molecule has 3 amide bonds. The highest BCUT2D eigenvalue weighted by molar-refractivity contribution is 6.00. The van der Waals surface area contributed by atoms with Gasteiger partial charge in [-0.3, -0.25) is 19.9 Å². The summed E-state index contributed by atoms with van der Waals surface area (Å²) in [5.74, 6) is 1.30. The van der Waals surface area contributed by atoms with Crippen LogP contribution in [0, 0.1) is 0 Å². The third kappa shape index (κ3) is 3.57. The molecule has 3 fully saturated rings. The Morgan fingerprint density at radius 2 is 1.82 bits per heavy atom. The molecule has 0 aliphatic carbocycles. The molecular weight excluding hydrogens is 422 g/mol. The van der Waals surface area contributed by atoms with E-state index in [4.69, 9.17) is 9.47 Å². The van der Waals surface area contributed by atoms with Crippen LogP contribution in [0.2, 0.25) is 0 Å². The highest BCUT2D eigenvalue weighted by atomic mass is 16.5. The lowest BCUT2D eigenvalue weighted by Gasteiger charge is -2.44. The Bertz CT molecular complexity index is 1050. The molecule has 2 aromatic carbocycles. The maximum Gasteiger partial charge on any atom is 0.328 e. The molecule has 3 heterocycles. The van der Waals surface area contributed by atoms with E-state index in [1.807, 2.05) is 48.5 Å². The van der Waals surface area contributed by atoms with Crippen molar-refractivity contribution < 1.29 is 19.1 Å². The van der Waals surface area contributed by atoms with Crippen LogP contribution in [0.3, 0.4) is 0 Å². The summed E-state index contributed by atoms with van der Waals surface area (Å²) in [6, 6.07) is 14.6. The zero-order valence-corrected chi connectivity index (χ0v) is 19.1. The summed E-state index contributed by atoms with van der Waals surface area (Å²) < 4.78 is 11.1. The summed E-state index contributed by atoms with van der Waals surface area (Å²) in [5.41, 5.74) is 1.82. The molecule has 5 rings (SSSR count). The molecule has 0 spiro atoms. The number of nitrogens with zero attached hydrogens (tertiary/aromatic N) is 4. The lowest BCUT2D eigenvalue weighted by molar-refractivity contribution is -0.139. The van der Waals surface area contributed by atoms with Crippen molar-refractivity contribution in [2.24, 2.45) is 0 Å². The van der Waals surface area contributed by atoms with E-state index in [-0.39, 0.29) is 24.8 Å². The monoisotopic (exact) mass is 451 g/mol. The van der Waals surface area contributed by atoms with Gasteiger partial charge in [-0.2, -0.15) is 0 Å². The second-order valence-corrected chi connectivity index (χ2v) is 8.56. The smallest absolute Gasteiger partial charge is 0.328 e. The lowest BCUT2D eigenvalue weighted by atomic mass is 10.1. The average Bonchev–Trinajstić information content (AvgIpc) is 3.25. The number of nitrogens with one attached hydrogen (secondary N) is 1. The Morgan fingerprint density at radius 1 is 1.03 bits per heavy atom. The van der Waals surface area contributed by atoms with E-state index in [0.29, 0.717) is 0 Å². The van der Waals surface area contributed by atoms with Crippen LogP contribution in [0.1, 0.15) is 12.0 Å². The highest BCUT2D eigenvalue weighted by Crippen LogP contribution is 2.38. The van der Waals surface area contributed by atoms with Gasteiger partial charge in [0, 0.05) is 26.2 Å². The third-order valence-corrected chi connectivity index (χ3v) is 6.75. The summed E-state index contributed by atoms with van der Waals surface area (Å²) in [5, 5.41) is 3.54. The van der Waals surface area contributed by atoms with E-state index < -0.39 is 12.2 Å². The molecule has 1 N–H and O–H groups in total. The van der Waals surface area contributed by atoms with E-state index in [1.165, 1.54) is 4.90 Å². The quantitative estimate of drug-likeness (QED) is 0.744. The molecule has 2 aromatic rings. The number of urea groups is 1. The summed E-state index contributed by atoms with van der Waals surface area (Å²) in [7, 11) is 5.04. The molecule has 3 atom stereocenters. The van der Waals surface area contributed by atoms with Crippen LogP contribution in [0.15, 0.2) is 48.5 Å². The molecule has 174 valence electrons. The van der Waals surface area contributed by atoms with Gasteiger partial charge in [0.1, 0.15) is 30.0 Å². The number of rotatable bonds is 5. The molecule has 3 aliphatic rings. The number of fused-ring (bicyclic) bond motifs is 3. The second-order valence-electron chi connectivity index (χ2n) is 8.56. The first-order valence-electron chi connectivity index (χ1n) is 11.2. The third-order valence-electron chi connectivity index (χ3n) is 6.75. The molecule has 0 radical (unpaired) electrons. The first-order chi connectivity index (χ1) is 16.0. The molecule has 9 nitrogen and oxygen atoms in total. The fourth-order valence-electron chi connectivity index (χ4n) is 5.10. The van der Waals surface area contributed by atoms with Crippen LogP contribution in [0.25, 0.3) is 0 Å². The highest BCUT2D eigenvalue weighted by Gasteiger charge is 2.56. The molecule has 9 heteroatoms. The first kappa shape index (κ1) is 21.5. The maximum absolute atomic E-state index is 13.6. The van der Waals surface area contributed by atoms with Gasteiger partial charge >= 0.3 is 6.03 Å². The molecule has 3 saturated heterocycles. The van der Waals surface area contributed by atoms with Gasteiger partial charge in [0.05, 0.1) is 26.5 Å². The van der Waals surface area contributed by atoms with Crippen molar-refractivity contribution in [3.8, 4) is 11.5 Å². The van der Waals surface area contributed by atoms with Gasteiger partial charge < -0.3 is 19.3 Å². The number of anilines is 1. The minimum Gasteiger partial charge on any atom is -0.497 e. The molecule has 0 bridgehead atoms. The Balaban J connectivity index is 1.46. The SMILES string of the molecule is COc1ccc(OC)c(N2CCCN3C4C(=O)N(Cc5ccccc5)C(=O)N(C)C4NC23)c1. The van der Waals surface area contributed by atoms with Gasteiger partial charge in [-0.15, -0.1) is 0 Å². The topological polar surface area (TPSA) is 77.6 Å². The predicted molar refractivity (Wildman–Crippen MR) is 123 cm³/mol. The Hall–Kier alpha value is -3.30. The van der Waals surface area contributed by atoms with Gasteiger partial charge in [0.25, 0.3) is 5.91 Å². The van der Waals surface area contributed by atoms with Crippen molar-refractivity contribution >= 4 is 17.6 Å². The molecule has 3 unspecified atom stereocenters. The molecule has 33 heavy (non-hydrogen) atoms. The second kappa shape index (κ2) is 8.57. The Labute approximate surface area is 193 Å². The van der Waals surface area contributed by atoms with Crippen LogP contribution < -0.4 is 19.7 Å². The number of hydrogen-bond acceptors (Lipinski definition) is 7. The van der Waals surface area contributed by atoms with Gasteiger partial charge in [-0.1, -0.05) is 30.3 Å². The first-order valence-corrected chi connectivity index (χ1v) is 11.2. The predicted octanol–water partition coefficient (Wildman–Crippen LogP) is 1.89. The number of carbonyl (C=O) groups is 2. The molecule has 0 aromatic heterocycles. The lowest BCUT2D eigenvalue weighted by Crippen LogP contribution is -2.66. The summed E-state index contributed by atoms with van der Waals surface area (Å²) >= 11 is 0. The Morgan fingerprint density at radius 3 is 2.55 bits per heavy atom. The fraction of sp³-hybridized carbons (Fsp3) is 0.417. The summed E-state index contributed by atoms with van der Waals surface area (Å²) in [6.45, 7) is 1.81. The fourth-order valence-corrected chi connectivity index (χ4v) is 5.10. The zero-order valence-electron chi connectivity index (χ0n) is 19.1.